The second kappa shape index (κ2) is 8.76. The van der Waals surface area contributed by atoms with Crippen LogP contribution in [0, 0.1) is 0 Å². The first-order valence-electron chi connectivity index (χ1n) is 5.33. The zero-order chi connectivity index (χ0) is 12.4. The van der Waals surface area contributed by atoms with E-state index in [0.29, 0.717) is 6.61 Å². The molecule has 0 fully saturated rings. The Morgan fingerprint density at radius 1 is 1.00 bits per heavy atom. The van der Waals surface area contributed by atoms with Gasteiger partial charge in [-0.1, -0.05) is 6.92 Å². The predicted molar refractivity (Wildman–Crippen MR) is 57.6 cm³/mol. The largest absolute Gasteiger partial charge is 0.500 e. The van der Waals surface area contributed by atoms with E-state index in [1.54, 1.807) is 13.8 Å². The predicted octanol–water partition coefficient (Wildman–Crippen LogP) is 1.42. The van der Waals surface area contributed by atoms with Gasteiger partial charge < -0.3 is 14.2 Å². The molecular weight excluding hydrogens is 212 g/mol. The Morgan fingerprint density at radius 2 is 1.50 bits per heavy atom. The van der Waals surface area contributed by atoms with E-state index in [0.717, 1.165) is 12.7 Å². The number of rotatable bonds is 7. The van der Waals surface area contributed by atoms with Crippen molar-refractivity contribution >= 4 is 11.9 Å². The molecule has 0 radical (unpaired) electrons. The molecule has 0 amide bonds. The average Bonchev–Trinajstić information content (AvgIpc) is 2.25. The highest BCUT2D eigenvalue weighted by molar-refractivity contribution is 6.13. The van der Waals surface area contributed by atoms with Crippen LogP contribution in [0.3, 0.4) is 0 Å². The lowest BCUT2D eigenvalue weighted by Crippen LogP contribution is -2.18. The Morgan fingerprint density at radius 3 is 1.88 bits per heavy atom. The zero-order valence-electron chi connectivity index (χ0n) is 9.95. The maximum absolute atomic E-state index is 11.4. The molecule has 0 saturated carbocycles. The van der Waals surface area contributed by atoms with Crippen LogP contribution in [-0.4, -0.2) is 31.8 Å². The van der Waals surface area contributed by atoms with Gasteiger partial charge in [0, 0.05) is 0 Å². The monoisotopic (exact) mass is 230 g/mol. The molecule has 0 aliphatic heterocycles. The minimum absolute atomic E-state index is 0.198. The van der Waals surface area contributed by atoms with E-state index in [2.05, 4.69) is 0 Å². The Labute approximate surface area is 95.4 Å². The van der Waals surface area contributed by atoms with Gasteiger partial charge in [0.15, 0.2) is 5.57 Å². The van der Waals surface area contributed by atoms with Gasteiger partial charge in [-0.3, -0.25) is 0 Å². The maximum Gasteiger partial charge on any atom is 0.348 e. The summed E-state index contributed by atoms with van der Waals surface area (Å²) in [6.45, 7) is 6.07. The molecule has 0 aliphatic rings. The van der Waals surface area contributed by atoms with Gasteiger partial charge in [0.05, 0.1) is 19.8 Å². The van der Waals surface area contributed by atoms with Crippen LogP contribution in [0.25, 0.3) is 0 Å². The quantitative estimate of drug-likeness (QED) is 0.165. The van der Waals surface area contributed by atoms with Gasteiger partial charge in [-0.2, -0.15) is 0 Å². The molecule has 0 N–H and O–H groups in total. The van der Waals surface area contributed by atoms with Crippen LogP contribution in [0.1, 0.15) is 27.2 Å². The molecule has 0 heterocycles. The Kier molecular flexibility index (Phi) is 7.93. The molecule has 5 nitrogen and oxygen atoms in total. The molecule has 0 unspecified atom stereocenters. The summed E-state index contributed by atoms with van der Waals surface area (Å²) in [6, 6.07) is 0. The molecule has 0 bridgehead atoms. The first kappa shape index (κ1) is 14.5. The summed E-state index contributed by atoms with van der Waals surface area (Å²) in [5.41, 5.74) is -0.211. The van der Waals surface area contributed by atoms with Gasteiger partial charge in [0.1, 0.15) is 6.26 Å². The van der Waals surface area contributed by atoms with Crippen LogP contribution >= 0.6 is 0 Å². The summed E-state index contributed by atoms with van der Waals surface area (Å²) < 4.78 is 14.4. The van der Waals surface area contributed by atoms with E-state index in [1.165, 1.54) is 0 Å². The van der Waals surface area contributed by atoms with Crippen molar-refractivity contribution in [2.45, 2.75) is 27.2 Å². The maximum atomic E-state index is 11.4. The standard InChI is InChI=1S/C11H18O5/c1-4-7-14-8-9(10(12)15-5-2)11(13)16-6-3/h8H,4-7H2,1-3H3. The van der Waals surface area contributed by atoms with Gasteiger partial charge in [-0.05, 0) is 20.3 Å². The molecule has 0 saturated heterocycles. The molecule has 0 rings (SSSR count). The van der Waals surface area contributed by atoms with Gasteiger partial charge in [0.25, 0.3) is 0 Å². The lowest BCUT2D eigenvalue weighted by atomic mass is 10.3. The van der Waals surface area contributed by atoms with E-state index in [1.807, 2.05) is 6.92 Å². The molecule has 0 aromatic carbocycles. The average molecular weight is 230 g/mol. The number of hydrogen-bond donors (Lipinski definition) is 0. The summed E-state index contributed by atoms with van der Waals surface area (Å²) in [6.07, 6.45) is 1.88. The van der Waals surface area contributed by atoms with Crippen LogP contribution in [0.4, 0.5) is 0 Å². The van der Waals surface area contributed by atoms with Gasteiger partial charge in [-0.25, -0.2) is 9.59 Å². The molecule has 0 spiro atoms. The Bertz CT molecular complexity index is 237. The summed E-state index contributed by atoms with van der Waals surface area (Å²) in [4.78, 5) is 22.8. The van der Waals surface area contributed by atoms with Crippen molar-refractivity contribution in [3.8, 4) is 0 Å². The fraction of sp³-hybridized carbons (Fsp3) is 0.636. The molecule has 5 heteroatoms. The van der Waals surface area contributed by atoms with E-state index in [4.69, 9.17) is 14.2 Å². The number of carbonyl (C=O) groups is 2. The smallest absolute Gasteiger partial charge is 0.348 e. The van der Waals surface area contributed by atoms with E-state index in [-0.39, 0.29) is 18.8 Å². The third-order valence-corrected chi connectivity index (χ3v) is 1.51. The topological polar surface area (TPSA) is 61.8 Å². The molecule has 0 atom stereocenters. The lowest BCUT2D eigenvalue weighted by Gasteiger charge is -2.06. The van der Waals surface area contributed by atoms with Crippen LogP contribution in [0.5, 0.6) is 0 Å². The highest BCUT2D eigenvalue weighted by Crippen LogP contribution is 2.03. The number of esters is 2. The normalized spacial score (nSPS) is 9.19. The number of carbonyl (C=O) groups excluding carboxylic acids is 2. The van der Waals surface area contributed by atoms with Crippen molar-refractivity contribution in [3.63, 3.8) is 0 Å². The minimum atomic E-state index is -0.725. The summed E-state index contributed by atoms with van der Waals surface area (Å²) in [5, 5.41) is 0. The van der Waals surface area contributed by atoms with Crippen molar-refractivity contribution in [1.82, 2.24) is 0 Å². The third kappa shape index (κ3) is 5.38. The highest BCUT2D eigenvalue weighted by Gasteiger charge is 2.21. The zero-order valence-corrected chi connectivity index (χ0v) is 9.95. The fourth-order valence-corrected chi connectivity index (χ4v) is 0.857. The van der Waals surface area contributed by atoms with Crippen molar-refractivity contribution in [1.29, 1.82) is 0 Å². The van der Waals surface area contributed by atoms with Crippen molar-refractivity contribution in [2.75, 3.05) is 19.8 Å². The Hall–Kier alpha value is -1.52. The van der Waals surface area contributed by atoms with Gasteiger partial charge in [0.2, 0.25) is 0 Å². The second-order valence-electron chi connectivity index (χ2n) is 2.84. The SMILES string of the molecule is CCCOC=C(C(=O)OCC)C(=O)OCC. The van der Waals surface area contributed by atoms with E-state index < -0.39 is 11.9 Å². The van der Waals surface area contributed by atoms with Crippen LogP contribution in [0.2, 0.25) is 0 Å². The van der Waals surface area contributed by atoms with Crippen LogP contribution < -0.4 is 0 Å². The third-order valence-electron chi connectivity index (χ3n) is 1.51. The van der Waals surface area contributed by atoms with E-state index in [9.17, 15) is 9.59 Å². The fourth-order valence-electron chi connectivity index (χ4n) is 0.857. The molecule has 92 valence electrons. The van der Waals surface area contributed by atoms with Crippen molar-refractivity contribution in [3.05, 3.63) is 11.8 Å². The molecule has 0 aromatic heterocycles. The molecule has 0 aliphatic carbocycles. The first-order chi connectivity index (χ1) is 7.67. The molecule has 16 heavy (non-hydrogen) atoms. The summed E-state index contributed by atoms with van der Waals surface area (Å²) >= 11 is 0. The molecule has 0 aromatic rings. The highest BCUT2D eigenvalue weighted by atomic mass is 16.6. The summed E-state index contributed by atoms with van der Waals surface area (Å²) in [5.74, 6) is -1.45. The molecular formula is C11H18O5. The van der Waals surface area contributed by atoms with Crippen LogP contribution in [-0.2, 0) is 23.8 Å². The Balaban J connectivity index is 4.55. The summed E-state index contributed by atoms with van der Waals surface area (Å²) in [7, 11) is 0. The second-order valence-corrected chi connectivity index (χ2v) is 2.84. The van der Waals surface area contributed by atoms with Gasteiger partial charge >= 0.3 is 11.9 Å². The number of ether oxygens (including phenoxy) is 3. The van der Waals surface area contributed by atoms with Crippen molar-refractivity contribution < 1.29 is 23.8 Å². The first-order valence-corrected chi connectivity index (χ1v) is 5.33. The van der Waals surface area contributed by atoms with Crippen LogP contribution in [0.15, 0.2) is 11.8 Å². The van der Waals surface area contributed by atoms with E-state index >= 15 is 0 Å². The minimum Gasteiger partial charge on any atom is -0.500 e. The number of hydrogen-bond acceptors (Lipinski definition) is 5. The van der Waals surface area contributed by atoms with Crippen molar-refractivity contribution in [2.24, 2.45) is 0 Å². The lowest BCUT2D eigenvalue weighted by molar-refractivity contribution is -0.146. The van der Waals surface area contributed by atoms with Gasteiger partial charge in [-0.15, -0.1) is 0 Å².